The van der Waals surface area contributed by atoms with Gasteiger partial charge >= 0.3 is 0 Å². The summed E-state index contributed by atoms with van der Waals surface area (Å²) in [6.45, 7) is 4.58. The molecule has 0 fully saturated rings. The summed E-state index contributed by atoms with van der Waals surface area (Å²) in [5.41, 5.74) is 6.21. The van der Waals surface area contributed by atoms with Crippen LogP contribution in [0.3, 0.4) is 0 Å². The van der Waals surface area contributed by atoms with E-state index < -0.39 is 0 Å². The molecule has 1 aromatic carbocycles. The predicted molar refractivity (Wildman–Crippen MR) is 78.9 cm³/mol. The maximum atomic E-state index is 8.94. The van der Waals surface area contributed by atoms with Crippen LogP contribution < -0.4 is 10.5 Å². The third kappa shape index (κ3) is 5.09. The minimum Gasteiger partial charge on any atom is -0.494 e. The van der Waals surface area contributed by atoms with Gasteiger partial charge in [-0.3, -0.25) is 0 Å². The van der Waals surface area contributed by atoms with Gasteiger partial charge in [-0.15, -0.1) is 0 Å². The Kier molecular flexibility index (Phi) is 6.31. The molecule has 1 rings (SSSR count). The quantitative estimate of drug-likeness (QED) is 0.224. The van der Waals surface area contributed by atoms with Gasteiger partial charge in [-0.1, -0.05) is 31.1 Å². The molecule has 0 bridgehead atoms. The Bertz CT molecular complexity index is 427. The van der Waals surface area contributed by atoms with Gasteiger partial charge in [-0.25, -0.2) is 0 Å². The Morgan fingerprint density at radius 1 is 1.25 bits per heavy atom. The lowest BCUT2D eigenvalue weighted by molar-refractivity contribution is 0.280. The van der Waals surface area contributed by atoms with E-state index in [1.54, 1.807) is 0 Å². The highest BCUT2D eigenvalue weighted by atomic mass is 16.5. The number of aliphatic hydroxyl groups excluding tert-OH is 1. The lowest BCUT2D eigenvalue weighted by Crippen LogP contribution is -2.31. The van der Waals surface area contributed by atoms with Crippen LogP contribution in [0.25, 0.3) is 0 Å². The standard InChI is InChI=1S/C15H24N2O3/c1-15(2,14(16)17-19)9-3-4-10-20-13-7-5-12(11-18)6-8-13/h5-8,18-19H,3-4,9-11H2,1-2H3,(H2,16,17). The first-order chi connectivity index (χ1) is 9.49. The van der Waals surface area contributed by atoms with Gasteiger partial charge in [0, 0.05) is 5.41 Å². The van der Waals surface area contributed by atoms with E-state index in [0.717, 1.165) is 30.6 Å². The number of nitrogens with zero attached hydrogens (tertiary/aromatic N) is 1. The van der Waals surface area contributed by atoms with Gasteiger partial charge in [0.2, 0.25) is 0 Å². The number of hydrogen-bond acceptors (Lipinski definition) is 4. The third-order valence-electron chi connectivity index (χ3n) is 3.37. The van der Waals surface area contributed by atoms with Crippen molar-refractivity contribution in [3.63, 3.8) is 0 Å². The number of nitrogens with two attached hydrogens (primary N) is 1. The van der Waals surface area contributed by atoms with Gasteiger partial charge in [0.25, 0.3) is 0 Å². The van der Waals surface area contributed by atoms with Crippen molar-refractivity contribution in [2.75, 3.05) is 6.61 Å². The van der Waals surface area contributed by atoms with Crippen LogP contribution in [0.1, 0.15) is 38.7 Å². The second kappa shape index (κ2) is 7.75. The Labute approximate surface area is 120 Å². The molecule has 0 aliphatic rings. The molecule has 5 nitrogen and oxygen atoms in total. The highest BCUT2D eigenvalue weighted by Crippen LogP contribution is 2.23. The van der Waals surface area contributed by atoms with Crippen LogP contribution in [-0.2, 0) is 6.61 Å². The molecule has 0 unspecified atom stereocenters. The third-order valence-corrected chi connectivity index (χ3v) is 3.37. The minimum atomic E-state index is -0.294. The van der Waals surface area contributed by atoms with Crippen molar-refractivity contribution in [2.45, 2.75) is 39.7 Å². The molecule has 0 heterocycles. The number of aliphatic hydroxyl groups is 1. The molecule has 0 aliphatic heterocycles. The average Bonchev–Trinajstić information content (AvgIpc) is 2.46. The molecule has 0 spiro atoms. The van der Waals surface area contributed by atoms with Gasteiger partial charge in [0.15, 0.2) is 0 Å². The summed E-state index contributed by atoms with van der Waals surface area (Å²) in [6.07, 6.45) is 2.69. The Hall–Kier alpha value is -1.75. The molecule has 0 amide bonds. The first-order valence-electron chi connectivity index (χ1n) is 6.80. The normalized spacial score (nSPS) is 12.4. The van der Waals surface area contributed by atoms with Crippen LogP contribution in [0.2, 0.25) is 0 Å². The lowest BCUT2D eigenvalue weighted by Gasteiger charge is -2.22. The highest BCUT2D eigenvalue weighted by molar-refractivity contribution is 5.85. The average molecular weight is 280 g/mol. The summed E-state index contributed by atoms with van der Waals surface area (Å²) >= 11 is 0. The van der Waals surface area contributed by atoms with Crippen molar-refractivity contribution in [3.8, 4) is 5.75 Å². The van der Waals surface area contributed by atoms with Crippen LogP contribution in [-0.4, -0.2) is 22.8 Å². The van der Waals surface area contributed by atoms with E-state index in [-0.39, 0.29) is 17.9 Å². The van der Waals surface area contributed by atoms with E-state index in [1.807, 2.05) is 38.1 Å². The predicted octanol–water partition coefficient (Wildman–Crippen LogP) is 2.50. The molecule has 0 atom stereocenters. The van der Waals surface area contributed by atoms with E-state index in [4.69, 9.17) is 20.8 Å². The van der Waals surface area contributed by atoms with Crippen LogP contribution in [0.5, 0.6) is 5.75 Å². The number of oxime groups is 1. The Morgan fingerprint density at radius 3 is 2.45 bits per heavy atom. The first kappa shape index (κ1) is 16.3. The van der Waals surface area contributed by atoms with Crippen molar-refractivity contribution in [1.29, 1.82) is 0 Å². The summed E-state index contributed by atoms with van der Waals surface area (Å²) < 4.78 is 5.61. The monoisotopic (exact) mass is 280 g/mol. The number of ether oxygens (including phenoxy) is 1. The molecule has 1 aromatic rings. The highest BCUT2D eigenvalue weighted by Gasteiger charge is 2.22. The zero-order valence-electron chi connectivity index (χ0n) is 12.2. The number of hydrogen-bond donors (Lipinski definition) is 3. The van der Waals surface area contributed by atoms with Gasteiger partial charge in [-0.2, -0.15) is 0 Å². The van der Waals surface area contributed by atoms with Crippen LogP contribution in [0.4, 0.5) is 0 Å². The first-order valence-corrected chi connectivity index (χ1v) is 6.80. The fourth-order valence-electron chi connectivity index (χ4n) is 1.81. The summed E-state index contributed by atoms with van der Waals surface area (Å²) in [7, 11) is 0. The van der Waals surface area contributed by atoms with Crippen LogP contribution >= 0.6 is 0 Å². The van der Waals surface area contributed by atoms with Crippen LogP contribution in [0, 0.1) is 5.41 Å². The van der Waals surface area contributed by atoms with E-state index >= 15 is 0 Å². The van der Waals surface area contributed by atoms with Gasteiger partial charge in [-0.05, 0) is 37.0 Å². The number of benzene rings is 1. The molecule has 20 heavy (non-hydrogen) atoms. The molecular formula is C15H24N2O3. The maximum absolute atomic E-state index is 8.94. The molecule has 0 aliphatic carbocycles. The molecule has 4 N–H and O–H groups in total. The summed E-state index contributed by atoms with van der Waals surface area (Å²) in [6, 6.07) is 7.39. The van der Waals surface area contributed by atoms with Crippen molar-refractivity contribution < 1.29 is 15.1 Å². The number of unbranched alkanes of at least 4 members (excludes halogenated alkanes) is 1. The zero-order chi connectivity index (χ0) is 15.0. The van der Waals surface area contributed by atoms with Gasteiger partial charge in [0.1, 0.15) is 11.6 Å². The van der Waals surface area contributed by atoms with E-state index in [9.17, 15) is 0 Å². The Balaban J connectivity index is 2.25. The van der Waals surface area contributed by atoms with E-state index in [0.29, 0.717) is 6.61 Å². The Morgan fingerprint density at radius 2 is 1.90 bits per heavy atom. The van der Waals surface area contributed by atoms with E-state index in [2.05, 4.69) is 5.16 Å². The molecule has 0 saturated heterocycles. The topological polar surface area (TPSA) is 88.1 Å². The van der Waals surface area contributed by atoms with Crippen molar-refractivity contribution in [1.82, 2.24) is 0 Å². The molecule has 0 saturated carbocycles. The summed E-state index contributed by atoms with van der Waals surface area (Å²) in [4.78, 5) is 0. The minimum absolute atomic E-state index is 0.0448. The summed E-state index contributed by atoms with van der Waals surface area (Å²) in [5, 5.41) is 20.7. The molecule has 0 aromatic heterocycles. The molecule has 112 valence electrons. The SMILES string of the molecule is CC(C)(CCCCOc1ccc(CO)cc1)/C(N)=N/O. The lowest BCUT2D eigenvalue weighted by atomic mass is 9.86. The van der Waals surface area contributed by atoms with Gasteiger partial charge < -0.3 is 20.8 Å². The van der Waals surface area contributed by atoms with E-state index in [1.165, 1.54) is 0 Å². The summed E-state index contributed by atoms with van der Waals surface area (Å²) in [5.74, 6) is 1.07. The van der Waals surface area contributed by atoms with Gasteiger partial charge in [0.05, 0.1) is 13.2 Å². The molecule has 5 heteroatoms. The fraction of sp³-hybridized carbons (Fsp3) is 0.533. The maximum Gasteiger partial charge on any atom is 0.144 e. The second-order valence-corrected chi connectivity index (χ2v) is 5.48. The second-order valence-electron chi connectivity index (χ2n) is 5.48. The molecule has 0 radical (unpaired) electrons. The largest absolute Gasteiger partial charge is 0.494 e. The number of rotatable bonds is 8. The van der Waals surface area contributed by atoms with Crippen molar-refractivity contribution >= 4 is 5.84 Å². The molecular weight excluding hydrogens is 256 g/mol. The van der Waals surface area contributed by atoms with Crippen LogP contribution in [0.15, 0.2) is 29.4 Å². The fourth-order valence-corrected chi connectivity index (χ4v) is 1.81. The number of amidine groups is 1. The zero-order valence-corrected chi connectivity index (χ0v) is 12.2. The van der Waals surface area contributed by atoms with Crippen molar-refractivity contribution in [3.05, 3.63) is 29.8 Å². The smallest absolute Gasteiger partial charge is 0.144 e. The van der Waals surface area contributed by atoms with Crippen molar-refractivity contribution in [2.24, 2.45) is 16.3 Å².